The molecule has 0 fully saturated rings. The monoisotopic (exact) mass is 243 g/mol. The minimum atomic E-state index is -1.43. The van der Waals surface area contributed by atoms with Crippen LogP contribution >= 0.6 is 0 Å². The van der Waals surface area contributed by atoms with Gasteiger partial charge >= 0.3 is 5.97 Å². The van der Waals surface area contributed by atoms with Crippen molar-refractivity contribution in [2.45, 2.75) is 19.4 Å². The summed E-state index contributed by atoms with van der Waals surface area (Å²) < 4.78 is 14.2. The van der Waals surface area contributed by atoms with E-state index in [0.717, 1.165) is 17.0 Å². The van der Waals surface area contributed by atoms with Crippen molar-refractivity contribution in [2.24, 2.45) is 0 Å². The molecule has 0 saturated carbocycles. The first-order chi connectivity index (χ1) is 7.75. The Bertz CT molecular complexity index is 492. The summed E-state index contributed by atoms with van der Waals surface area (Å²) in [5.41, 5.74) is -1.71. The van der Waals surface area contributed by atoms with Gasteiger partial charge in [0.1, 0.15) is 5.69 Å². The van der Waals surface area contributed by atoms with E-state index in [4.69, 9.17) is 5.11 Å². The van der Waals surface area contributed by atoms with Crippen LogP contribution in [0.3, 0.4) is 0 Å². The van der Waals surface area contributed by atoms with E-state index in [1.807, 2.05) is 0 Å². The van der Waals surface area contributed by atoms with Crippen LogP contribution in [-0.2, 0) is 10.3 Å². The van der Waals surface area contributed by atoms with Gasteiger partial charge in [0.2, 0.25) is 6.20 Å². The summed E-state index contributed by atoms with van der Waals surface area (Å²) in [6.45, 7) is 2.67. The van der Waals surface area contributed by atoms with Gasteiger partial charge in [-0.15, -0.1) is 0 Å². The van der Waals surface area contributed by atoms with Crippen molar-refractivity contribution in [3.05, 3.63) is 34.0 Å². The molecule has 92 valence electrons. The van der Waals surface area contributed by atoms with Crippen molar-refractivity contribution in [2.75, 3.05) is 0 Å². The average Bonchev–Trinajstić information content (AvgIpc) is 2.57. The largest absolute Gasteiger partial charge is 0.479 e. The highest BCUT2D eigenvalue weighted by Crippen LogP contribution is 2.17. The lowest BCUT2D eigenvalue weighted by molar-refractivity contribution is -0.401. The third kappa shape index (κ3) is 2.65. The third-order valence-corrected chi connectivity index (χ3v) is 2.15. The topological polar surface area (TPSA) is 98.3 Å². The normalized spacial score (nSPS) is 11.9. The number of carboxylic acids is 1. The fraction of sp³-hybridized carbons (Fsp3) is 0.333. The molecule has 0 aliphatic rings. The second-order valence-electron chi connectivity index (χ2n) is 3.77. The fourth-order valence-electron chi connectivity index (χ4n) is 0.995. The minimum Gasteiger partial charge on any atom is -0.479 e. The molecule has 0 atom stereocenters. The van der Waals surface area contributed by atoms with E-state index in [2.05, 4.69) is 5.10 Å². The molecule has 17 heavy (non-hydrogen) atoms. The van der Waals surface area contributed by atoms with Crippen molar-refractivity contribution in [1.82, 2.24) is 9.78 Å². The lowest BCUT2D eigenvalue weighted by atomic mass is 10.1. The van der Waals surface area contributed by atoms with Gasteiger partial charge in [-0.05, 0) is 13.8 Å². The Kier molecular flexibility index (Phi) is 3.26. The van der Waals surface area contributed by atoms with Crippen LogP contribution in [0.25, 0.3) is 6.08 Å². The third-order valence-electron chi connectivity index (χ3n) is 2.15. The molecule has 0 radical (unpaired) electrons. The summed E-state index contributed by atoms with van der Waals surface area (Å²) >= 11 is 0. The Morgan fingerprint density at radius 2 is 2.29 bits per heavy atom. The molecule has 0 bridgehead atoms. The van der Waals surface area contributed by atoms with Crippen LogP contribution < -0.4 is 0 Å². The van der Waals surface area contributed by atoms with E-state index in [9.17, 15) is 19.3 Å². The Hall–Kier alpha value is -2.25. The van der Waals surface area contributed by atoms with Crippen LogP contribution in [0.2, 0.25) is 0 Å². The lowest BCUT2D eigenvalue weighted by Gasteiger charge is -2.19. The van der Waals surface area contributed by atoms with Crippen LogP contribution in [0.5, 0.6) is 0 Å². The van der Waals surface area contributed by atoms with Gasteiger partial charge in [0, 0.05) is 6.08 Å². The van der Waals surface area contributed by atoms with E-state index in [1.165, 1.54) is 13.8 Å². The number of hydrogen-bond acceptors (Lipinski definition) is 4. The highest BCUT2D eigenvalue weighted by Gasteiger charge is 2.31. The van der Waals surface area contributed by atoms with Gasteiger partial charge in [-0.1, -0.05) is 0 Å². The Labute approximate surface area is 95.3 Å². The van der Waals surface area contributed by atoms with Gasteiger partial charge in [0.05, 0.1) is 11.1 Å². The maximum atomic E-state index is 13.3. The predicted molar refractivity (Wildman–Crippen MR) is 55.2 cm³/mol. The molecule has 0 saturated heterocycles. The van der Waals surface area contributed by atoms with Gasteiger partial charge in [-0.3, -0.25) is 14.8 Å². The minimum absolute atomic E-state index is 0.281. The number of carbonyl (C=O) groups is 1. The number of aromatic nitrogens is 2. The number of carboxylic acid groups (broad SMARTS) is 1. The number of aliphatic carboxylic acids is 1. The van der Waals surface area contributed by atoms with E-state index in [1.54, 1.807) is 0 Å². The first-order valence-electron chi connectivity index (χ1n) is 4.56. The molecule has 1 aromatic rings. The zero-order valence-corrected chi connectivity index (χ0v) is 9.12. The van der Waals surface area contributed by atoms with E-state index in [0.29, 0.717) is 6.20 Å². The van der Waals surface area contributed by atoms with Gasteiger partial charge in [0.15, 0.2) is 11.4 Å². The molecular weight excluding hydrogens is 233 g/mol. The highest BCUT2D eigenvalue weighted by molar-refractivity contribution is 5.75. The molecule has 0 amide bonds. The summed E-state index contributed by atoms with van der Waals surface area (Å²) in [5.74, 6) is -2.01. The number of halogens is 1. The Balaban J connectivity index is 3.12. The molecule has 1 heterocycles. The first kappa shape index (κ1) is 12.8. The summed E-state index contributed by atoms with van der Waals surface area (Å²) in [5, 5.41) is 22.6. The van der Waals surface area contributed by atoms with Crippen LogP contribution in [0.4, 0.5) is 4.39 Å². The number of nitrogens with zero attached hydrogens (tertiary/aromatic N) is 3. The SMILES string of the molecule is CC(C)(C(=O)O)n1cc(F)c(C=C[N+](=O)[O-])n1. The Morgan fingerprint density at radius 3 is 2.76 bits per heavy atom. The van der Waals surface area contributed by atoms with Gasteiger partial charge < -0.3 is 5.11 Å². The van der Waals surface area contributed by atoms with E-state index in [-0.39, 0.29) is 5.69 Å². The lowest BCUT2D eigenvalue weighted by Crippen LogP contribution is -2.36. The summed E-state index contributed by atoms with van der Waals surface area (Å²) in [6.07, 6.45) is 2.28. The standard InChI is InChI=1S/C9H10FN3O4/c1-9(2,8(14)15)12-5-6(10)7(11-12)3-4-13(16)17/h3-5H,1-2H3,(H,14,15). The molecule has 1 aromatic heterocycles. The molecule has 0 aliphatic carbocycles. The quantitative estimate of drug-likeness (QED) is 0.630. The molecule has 0 unspecified atom stereocenters. The van der Waals surface area contributed by atoms with Crippen LogP contribution in [0.15, 0.2) is 12.4 Å². The molecular formula is C9H10FN3O4. The molecule has 0 aromatic carbocycles. The van der Waals surface area contributed by atoms with Crippen molar-refractivity contribution >= 4 is 12.0 Å². The van der Waals surface area contributed by atoms with Crippen LogP contribution in [-0.4, -0.2) is 25.8 Å². The summed E-state index contributed by atoms with van der Waals surface area (Å²) in [6, 6.07) is 0. The molecule has 0 spiro atoms. The predicted octanol–water partition coefficient (Wildman–Crippen LogP) is 1.09. The second kappa shape index (κ2) is 4.32. The molecule has 1 N–H and O–H groups in total. The molecule has 8 heteroatoms. The summed E-state index contributed by atoms with van der Waals surface area (Å²) in [7, 11) is 0. The van der Waals surface area contributed by atoms with E-state index < -0.39 is 22.2 Å². The number of rotatable bonds is 4. The molecule has 1 rings (SSSR count). The van der Waals surface area contributed by atoms with E-state index >= 15 is 0 Å². The first-order valence-corrected chi connectivity index (χ1v) is 4.56. The van der Waals surface area contributed by atoms with Crippen molar-refractivity contribution < 1.29 is 19.2 Å². The second-order valence-corrected chi connectivity index (χ2v) is 3.77. The average molecular weight is 243 g/mol. The fourth-order valence-corrected chi connectivity index (χ4v) is 0.995. The number of hydrogen-bond donors (Lipinski definition) is 1. The molecule has 0 aliphatic heterocycles. The molecule has 7 nitrogen and oxygen atoms in total. The maximum absolute atomic E-state index is 13.3. The number of nitro groups is 1. The maximum Gasteiger partial charge on any atom is 0.331 e. The van der Waals surface area contributed by atoms with Gasteiger partial charge in [0.25, 0.3) is 0 Å². The van der Waals surface area contributed by atoms with Crippen molar-refractivity contribution in [3.8, 4) is 0 Å². The van der Waals surface area contributed by atoms with Crippen molar-refractivity contribution in [1.29, 1.82) is 0 Å². The van der Waals surface area contributed by atoms with Gasteiger partial charge in [-0.25, -0.2) is 9.18 Å². The van der Waals surface area contributed by atoms with Gasteiger partial charge in [-0.2, -0.15) is 5.10 Å². The zero-order valence-electron chi connectivity index (χ0n) is 9.12. The zero-order chi connectivity index (χ0) is 13.2. The smallest absolute Gasteiger partial charge is 0.331 e. The summed E-state index contributed by atoms with van der Waals surface area (Å²) in [4.78, 5) is 20.2. The van der Waals surface area contributed by atoms with Crippen molar-refractivity contribution in [3.63, 3.8) is 0 Å². The Morgan fingerprint density at radius 1 is 1.71 bits per heavy atom. The van der Waals surface area contributed by atoms with Crippen LogP contribution in [0, 0.1) is 15.9 Å². The highest BCUT2D eigenvalue weighted by atomic mass is 19.1. The van der Waals surface area contributed by atoms with Crippen LogP contribution in [0.1, 0.15) is 19.5 Å².